The number of halogens is 4. The largest absolute Gasteiger partial charge is 0.417 e. The van der Waals surface area contributed by atoms with Gasteiger partial charge in [-0.3, -0.25) is 9.20 Å². The lowest BCUT2D eigenvalue weighted by molar-refractivity contribution is -0.137. The second-order valence-corrected chi connectivity index (χ2v) is 7.38. The highest BCUT2D eigenvalue weighted by Gasteiger charge is 2.34. The molecule has 136 valence electrons. The van der Waals surface area contributed by atoms with Gasteiger partial charge < -0.3 is 4.90 Å². The lowest BCUT2D eigenvalue weighted by atomic mass is 9.91. The van der Waals surface area contributed by atoms with Crippen LogP contribution in [0, 0.1) is 18.8 Å². The van der Waals surface area contributed by atoms with E-state index in [1.807, 2.05) is 0 Å². The second-order valence-electron chi connectivity index (χ2n) is 6.97. The van der Waals surface area contributed by atoms with Gasteiger partial charge in [-0.1, -0.05) is 25.4 Å². The van der Waals surface area contributed by atoms with E-state index in [1.54, 1.807) is 11.8 Å². The molecule has 2 aromatic rings. The topological polar surface area (TPSA) is 37.6 Å². The molecule has 0 aliphatic carbocycles. The lowest BCUT2D eigenvalue weighted by Gasteiger charge is -2.35. The summed E-state index contributed by atoms with van der Waals surface area (Å²) >= 11 is 5.98. The molecule has 0 spiro atoms. The predicted molar refractivity (Wildman–Crippen MR) is 88.8 cm³/mol. The monoisotopic (exact) mass is 373 g/mol. The van der Waals surface area contributed by atoms with E-state index >= 15 is 0 Å². The highest BCUT2D eigenvalue weighted by atomic mass is 35.5. The Morgan fingerprint density at radius 3 is 2.44 bits per heavy atom. The minimum Gasteiger partial charge on any atom is -0.337 e. The first-order chi connectivity index (χ1) is 11.6. The first-order valence-electron chi connectivity index (χ1n) is 8.12. The Bertz CT molecular complexity index is 821. The SMILES string of the molecule is Cc1nc2c(Cl)cc(C(F)(F)F)cn2c1C(=O)N1CC(C)CC(C)C1. The fourth-order valence-electron chi connectivity index (χ4n) is 3.61. The third-order valence-electron chi connectivity index (χ3n) is 4.54. The van der Waals surface area contributed by atoms with Crippen molar-refractivity contribution in [2.24, 2.45) is 11.8 Å². The number of nitrogens with zero attached hydrogens (tertiary/aromatic N) is 3. The number of pyridine rings is 1. The van der Waals surface area contributed by atoms with Crippen molar-refractivity contribution >= 4 is 23.2 Å². The first-order valence-corrected chi connectivity index (χ1v) is 8.50. The highest BCUT2D eigenvalue weighted by Crippen LogP contribution is 2.33. The average Bonchev–Trinajstić information content (AvgIpc) is 2.81. The molecule has 2 unspecified atom stereocenters. The number of fused-ring (bicyclic) bond motifs is 1. The number of piperidine rings is 1. The van der Waals surface area contributed by atoms with Crippen molar-refractivity contribution in [2.45, 2.75) is 33.4 Å². The fraction of sp³-hybridized carbons (Fsp3) is 0.529. The molecule has 2 aromatic heterocycles. The molecular formula is C17H19ClF3N3O. The minimum atomic E-state index is -4.55. The molecule has 4 nitrogen and oxygen atoms in total. The number of hydrogen-bond acceptors (Lipinski definition) is 2. The van der Waals surface area contributed by atoms with Crippen molar-refractivity contribution in [3.63, 3.8) is 0 Å². The number of imidazole rings is 1. The normalized spacial score (nSPS) is 21.8. The zero-order valence-electron chi connectivity index (χ0n) is 14.2. The Morgan fingerprint density at radius 1 is 1.28 bits per heavy atom. The Balaban J connectivity index is 2.10. The molecule has 1 amide bonds. The van der Waals surface area contributed by atoms with Gasteiger partial charge in [-0.2, -0.15) is 13.2 Å². The quantitative estimate of drug-likeness (QED) is 0.741. The summed E-state index contributed by atoms with van der Waals surface area (Å²) in [6.07, 6.45) is -2.63. The number of aromatic nitrogens is 2. The number of carbonyl (C=O) groups is 1. The van der Waals surface area contributed by atoms with Crippen molar-refractivity contribution in [3.05, 3.63) is 34.2 Å². The van der Waals surface area contributed by atoms with Crippen molar-refractivity contribution < 1.29 is 18.0 Å². The summed E-state index contributed by atoms with van der Waals surface area (Å²) in [6, 6.07) is 0.836. The molecule has 3 heterocycles. The number of likely N-dealkylation sites (tertiary alicyclic amines) is 1. The van der Waals surface area contributed by atoms with Gasteiger partial charge in [0.1, 0.15) is 5.69 Å². The Labute approximate surface area is 148 Å². The standard InChI is InChI=1S/C17H19ClF3N3O/c1-9-4-10(2)7-23(6-9)16(25)14-11(3)22-15-13(18)5-12(8-24(14)15)17(19,20)21/h5,8-10H,4,6-7H2,1-3H3. The number of carbonyl (C=O) groups excluding carboxylic acids is 1. The molecule has 0 aromatic carbocycles. The molecule has 1 saturated heterocycles. The van der Waals surface area contributed by atoms with Crippen molar-refractivity contribution in [2.75, 3.05) is 13.1 Å². The molecule has 2 atom stereocenters. The van der Waals surface area contributed by atoms with Crippen LogP contribution < -0.4 is 0 Å². The van der Waals surface area contributed by atoms with Crippen LogP contribution in [-0.4, -0.2) is 33.3 Å². The number of hydrogen-bond donors (Lipinski definition) is 0. The summed E-state index contributed by atoms with van der Waals surface area (Å²) < 4.78 is 40.5. The van der Waals surface area contributed by atoms with Crippen LogP contribution in [0.1, 0.15) is 42.0 Å². The highest BCUT2D eigenvalue weighted by molar-refractivity contribution is 6.33. The van der Waals surface area contributed by atoms with E-state index in [4.69, 9.17) is 11.6 Å². The summed E-state index contributed by atoms with van der Waals surface area (Å²) in [5, 5.41) is -0.127. The zero-order chi connectivity index (χ0) is 18.5. The fourth-order valence-corrected chi connectivity index (χ4v) is 3.86. The van der Waals surface area contributed by atoms with Gasteiger partial charge in [0, 0.05) is 19.3 Å². The van der Waals surface area contributed by atoms with Crippen LogP contribution in [0.4, 0.5) is 13.2 Å². The lowest BCUT2D eigenvalue weighted by Crippen LogP contribution is -2.43. The first kappa shape index (κ1) is 18.0. The van der Waals surface area contributed by atoms with E-state index in [-0.39, 0.29) is 22.3 Å². The molecule has 1 fully saturated rings. The summed E-state index contributed by atoms with van der Waals surface area (Å²) in [5.41, 5.74) is -0.230. The van der Waals surface area contributed by atoms with E-state index in [1.165, 1.54) is 4.40 Å². The number of amides is 1. The van der Waals surface area contributed by atoms with Crippen LogP contribution in [0.5, 0.6) is 0 Å². The molecule has 0 saturated carbocycles. The maximum atomic E-state index is 13.1. The molecule has 1 aliphatic rings. The van der Waals surface area contributed by atoms with Crippen LogP contribution in [-0.2, 0) is 6.18 Å². The van der Waals surface area contributed by atoms with Crippen molar-refractivity contribution in [3.8, 4) is 0 Å². The Hall–Kier alpha value is -1.76. The Morgan fingerprint density at radius 2 is 1.88 bits per heavy atom. The van der Waals surface area contributed by atoms with Crippen LogP contribution in [0.3, 0.4) is 0 Å². The number of aryl methyl sites for hydroxylation is 1. The molecular weight excluding hydrogens is 355 g/mol. The maximum absolute atomic E-state index is 13.1. The zero-order valence-corrected chi connectivity index (χ0v) is 14.9. The van der Waals surface area contributed by atoms with Crippen molar-refractivity contribution in [1.82, 2.24) is 14.3 Å². The summed E-state index contributed by atoms with van der Waals surface area (Å²) in [6.45, 7) is 6.91. The van der Waals surface area contributed by atoms with Crippen molar-refractivity contribution in [1.29, 1.82) is 0 Å². The van der Waals surface area contributed by atoms with Gasteiger partial charge in [0.05, 0.1) is 16.3 Å². The van der Waals surface area contributed by atoms with Gasteiger partial charge >= 0.3 is 6.18 Å². The summed E-state index contributed by atoms with van der Waals surface area (Å²) in [7, 11) is 0. The number of alkyl halides is 3. The van der Waals surface area contributed by atoms with E-state index in [0.717, 1.165) is 18.7 Å². The van der Waals surface area contributed by atoms with E-state index < -0.39 is 11.7 Å². The third-order valence-corrected chi connectivity index (χ3v) is 4.81. The Kier molecular flexibility index (Phi) is 4.47. The van der Waals surface area contributed by atoms with E-state index in [9.17, 15) is 18.0 Å². The molecule has 3 rings (SSSR count). The van der Waals surface area contributed by atoms with Gasteiger partial charge in [-0.05, 0) is 31.2 Å². The van der Waals surface area contributed by atoms with Gasteiger partial charge in [0.25, 0.3) is 5.91 Å². The molecule has 0 N–H and O–H groups in total. The molecule has 1 aliphatic heterocycles. The minimum absolute atomic E-state index is 0.127. The van der Waals surface area contributed by atoms with Gasteiger partial charge in [-0.15, -0.1) is 0 Å². The average molecular weight is 374 g/mol. The summed E-state index contributed by atoms with van der Waals surface area (Å²) in [4.78, 5) is 18.9. The van der Waals surface area contributed by atoms with Gasteiger partial charge in [0.15, 0.2) is 5.65 Å². The number of rotatable bonds is 1. The predicted octanol–water partition coefficient (Wildman–Crippen LogP) is 4.43. The van der Waals surface area contributed by atoms with E-state index in [0.29, 0.717) is 30.6 Å². The van der Waals surface area contributed by atoms with Crippen LogP contribution in [0.15, 0.2) is 12.3 Å². The molecule has 0 radical (unpaired) electrons. The molecule has 25 heavy (non-hydrogen) atoms. The van der Waals surface area contributed by atoms with E-state index in [2.05, 4.69) is 18.8 Å². The third kappa shape index (κ3) is 3.34. The molecule has 8 heteroatoms. The van der Waals surface area contributed by atoms with Gasteiger partial charge in [0.2, 0.25) is 0 Å². The smallest absolute Gasteiger partial charge is 0.337 e. The van der Waals surface area contributed by atoms with Crippen LogP contribution in [0.25, 0.3) is 5.65 Å². The second kappa shape index (κ2) is 6.20. The summed E-state index contributed by atoms with van der Waals surface area (Å²) in [5.74, 6) is 0.391. The van der Waals surface area contributed by atoms with Crippen LogP contribution in [0.2, 0.25) is 5.02 Å². The maximum Gasteiger partial charge on any atom is 0.417 e. The van der Waals surface area contributed by atoms with Gasteiger partial charge in [-0.25, -0.2) is 4.98 Å². The molecule has 0 bridgehead atoms. The van der Waals surface area contributed by atoms with Crippen LogP contribution >= 0.6 is 11.6 Å².